The van der Waals surface area contributed by atoms with E-state index >= 15 is 0 Å². The van der Waals surface area contributed by atoms with E-state index in [2.05, 4.69) is 0 Å². The molecule has 1 heterocycles. The summed E-state index contributed by atoms with van der Waals surface area (Å²) in [5, 5.41) is 0.657. The maximum absolute atomic E-state index is 12.3. The van der Waals surface area contributed by atoms with Gasteiger partial charge < -0.3 is 5.73 Å². The highest BCUT2D eigenvalue weighted by molar-refractivity contribution is 7.99. The summed E-state index contributed by atoms with van der Waals surface area (Å²) in [6.07, 6.45) is 0. The second-order valence-electron chi connectivity index (χ2n) is 4.67. The normalized spacial score (nSPS) is 19.5. The average Bonchev–Trinajstić information content (AvgIpc) is 2.18. The van der Waals surface area contributed by atoms with E-state index < -0.39 is 5.54 Å². The molecule has 0 saturated heterocycles. The summed E-state index contributed by atoms with van der Waals surface area (Å²) in [6, 6.07) is 5.45. The number of ketones is 1. The second kappa shape index (κ2) is 5.19. The lowest BCUT2D eigenvalue weighted by Gasteiger charge is -2.33. The lowest BCUT2D eigenvalue weighted by Crippen LogP contribution is -2.47. The van der Waals surface area contributed by atoms with E-state index in [1.807, 2.05) is 32.0 Å². The van der Waals surface area contributed by atoms with Crippen LogP contribution in [0.1, 0.15) is 24.2 Å². The van der Waals surface area contributed by atoms with Crippen molar-refractivity contribution in [3.05, 3.63) is 28.8 Å². The van der Waals surface area contributed by atoms with Crippen molar-refractivity contribution in [1.82, 2.24) is 0 Å². The molecule has 1 unspecified atom stereocenters. The number of benzene rings is 1. The molecule has 0 aliphatic carbocycles. The van der Waals surface area contributed by atoms with Crippen molar-refractivity contribution < 1.29 is 4.79 Å². The zero-order valence-electron chi connectivity index (χ0n) is 9.70. The van der Waals surface area contributed by atoms with E-state index in [0.717, 1.165) is 4.90 Å². The van der Waals surface area contributed by atoms with E-state index in [1.54, 1.807) is 11.8 Å². The van der Waals surface area contributed by atoms with Crippen molar-refractivity contribution in [1.29, 1.82) is 0 Å². The van der Waals surface area contributed by atoms with Gasteiger partial charge in [-0.1, -0.05) is 23.7 Å². The van der Waals surface area contributed by atoms with Crippen LogP contribution in [0.2, 0.25) is 5.02 Å². The van der Waals surface area contributed by atoms with Gasteiger partial charge in [0.1, 0.15) is 0 Å². The van der Waals surface area contributed by atoms with Crippen molar-refractivity contribution in [2.45, 2.75) is 24.3 Å². The second-order valence-corrected chi connectivity index (χ2v) is 6.10. The molecule has 0 saturated carbocycles. The highest BCUT2D eigenvalue weighted by Gasteiger charge is 2.37. The van der Waals surface area contributed by atoms with Crippen molar-refractivity contribution in [2.75, 3.05) is 5.75 Å². The first-order valence-corrected chi connectivity index (χ1v) is 6.52. The molecule has 0 radical (unpaired) electrons. The van der Waals surface area contributed by atoms with Gasteiger partial charge in [-0.05, 0) is 19.9 Å². The molecule has 1 aliphatic rings. The number of carbonyl (C=O) groups excluding carboxylic acids is 1. The number of thioether (sulfide) groups is 1. The predicted octanol–water partition coefficient (Wildman–Crippen LogP) is 3.40. The lowest BCUT2D eigenvalue weighted by atomic mass is 9.83. The van der Waals surface area contributed by atoms with E-state index in [4.69, 9.17) is 17.3 Å². The molecule has 1 atom stereocenters. The van der Waals surface area contributed by atoms with Gasteiger partial charge in [-0.25, -0.2) is 0 Å². The zero-order chi connectivity index (χ0) is 11.9. The molecule has 0 aromatic heterocycles. The van der Waals surface area contributed by atoms with Gasteiger partial charge in [-0.3, -0.25) is 4.79 Å². The summed E-state index contributed by atoms with van der Waals surface area (Å²) in [5.74, 6) is 0.686. The van der Waals surface area contributed by atoms with E-state index in [9.17, 15) is 4.79 Å². The number of hydrogen-bond acceptors (Lipinski definition) is 3. The van der Waals surface area contributed by atoms with Crippen molar-refractivity contribution in [2.24, 2.45) is 11.7 Å². The summed E-state index contributed by atoms with van der Waals surface area (Å²) in [5.41, 5.74) is 6.26. The average molecular weight is 292 g/mol. The fourth-order valence-corrected chi connectivity index (χ4v) is 3.61. The molecule has 2 nitrogen and oxygen atoms in total. The van der Waals surface area contributed by atoms with Crippen LogP contribution in [-0.2, 0) is 0 Å². The summed E-state index contributed by atoms with van der Waals surface area (Å²) >= 11 is 7.69. The summed E-state index contributed by atoms with van der Waals surface area (Å²) < 4.78 is 0. The molecular formula is C12H15Cl2NOS. The molecular weight excluding hydrogens is 277 g/mol. The Morgan fingerprint density at radius 1 is 1.47 bits per heavy atom. The Hall–Kier alpha value is -0.220. The first-order chi connectivity index (χ1) is 7.41. The molecule has 94 valence electrons. The Balaban J connectivity index is 0.00000144. The molecule has 0 fully saturated rings. The van der Waals surface area contributed by atoms with E-state index in [1.165, 1.54) is 0 Å². The molecule has 17 heavy (non-hydrogen) atoms. The number of nitrogens with two attached hydrogens (primary N) is 1. The molecule has 1 aromatic rings. The quantitative estimate of drug-likeness (QED) is 0.862. The van der Waals surface area contributed by atoms with E-state index in [0.29, 0.717) is 16.3 Å². The Kier molecular flexibility index (Phi) is 4.53. The van der Waals surface area contributed by atoms with Crippen LogP contribution in [-0.4, -0.2) is 17.1 Å². The van der Waals surface area contributed by atoms with Gasteiger partial charge in [0.2, 0.25) is 0 Å². The smallest absolute Gasteiger partial charge is 0.169 e. The third kappa shape index (κ3) is 2.79. The lowest BCUT2D eigenvalue weighted by molar-refractivity contribution is 0.0881. The van der Waals surface area contributed by atoms with Crippen LogP contribution in [0.25, 0.3) is 0 Å². The molecule has 2 rings (SSSR count). The summed E-state index contributed by atoms with van der Waals surface area (Å²) in [6.45, 7) is 3.79. The maximum atomic E-state index is 12.3. The number of halogens is 2. The number of Topliss-reactive ketones (excluding diaryl/α,β-unsaturated/α-hetero) is 1. The molecule has 1 aliphatic heterocycles. The fraction of sp³-hybridized carbons (Fsp3) is 0.417. The highest BCUT2D eigenvalue weighted by atomic mass is 35.5. The first kappa shape index (κ1) is 14.8. The van der Waals surface area contributed by atoms with Crippen LogP contribution in [0.4, 0.5) is 0 Å². The maximum Gasteiger partial charge on any atom is 0.169 e. The SMILES string of the molecule is CC(C)(N)C1CSc2c(Cl)cccc2C1=O.Cl. The van der Waals surface area contributed by atoms with Crippen LogP contribution in [0.5, 0.6) is 0 Å². The predicted molar refractivity (Wildman–Crippen MR) is 75.5 cm³/mol. The molecule has 0 spiro atoms. The summed E-state index contributed by atoms with van der Waals surface area (Å²) in [4.78, 5) is 13.2. The molecule has 5 heteroatoms. The minimum absolute atomic E-state index is 0. The number of rotatable bonds is 1. The van der Waals surface area contributed by atoms with Gasteiger partial charge in [0.15, 0.2) is 5.78 Å². The van der Waals surface area contributed by atoms with Crippen LogP contribution < -0.4 is 5.73 Å². The third-order valence-electron chi connectivity index (χ3n) is 2.84. The summed E-state index contributed by atoms with van der Waals surface area (Å²) in [7, 11) is 0. The van der Waals surface area contributed by atoms with Crippen molar-refractivity contribution in [3.8, 4) is 0 Å². The molecule has 1 aromatic carbocycles. The van der Waals surface area contributed by atoms with Gasteiger partial charge in [-0.2, -0.15) is 0 Å². The van der Waals surface area contributed by atoms with Gasteiger partial charge in [0, 0.05) is 27.7 Å². The van der Waals surface area contributed by atoms with E-state index in [-0.39, 0.29) is 24.1 Å². The molecule has 2 N–H and O–H groups in total. The Morgan fingerprint density at radius 2 is 2.12 bits per heavy atom. The topological polar surface area (TPSA) is 43.1 Å². The zero-order valence-corrected chi connectivity index (χ0v) is 12.1. The number of fused-ring (bicyclic) bond motifs is 1. The minimum atomic E-state index is -0.482. The van der Waals surface area contributed by atoms with Crippen LogP contribution in [0.15, 0.2) is 23.1 Å². The van der Waals surface area contributed by atoms with Crippen LogP contribution in [0.3, 0.4) is 0 Å². The Labute approximate surface area is 117 Å². The third-order valence-corrected chi connectivity index (χ3v) is 4.50. The minimum Gasteiger partial charge on any atom is -0.325 e. The monoisotopic (exact) mass is 291 g/mol. The van der Waals surface area contributed by atoms with Gasteiger partial charge in [0.25, 0.3) is 0 Å². The fourth-order valence-electron chi connectivity index (χ4n) is 1.83. The molecule has 0 amide bonds. The standard InChI is InChI=1S/C12H14ClNOS.ClH/c1-12(2,14)8-6-16-11-7(10(8)15)4-3-5-9(11)13;/h3-5,8H,6,14H2,1-2H3;1H. The van der Waals surface area contributed by atoms with Crippen LogP contribution in [0, 0.1) is 5.92 Å². The largest absolute Gasteiger partial charge is 0.325 e. The first-order valence-electron chi connectivity index (χ1n) is 5.15. The van der Waals surface area contributed by atoms with Gasteiger partial charge >= 0.3 is 0 Å². The Bertz CT molecular complexity index is 443. The Morgan fingerprint density at radius 3 is 2.71 bits per heavy atom. The number of carbonyl (C=O) groups is 1. The highest BCUT2D eigenvalue weighted by Crippen LogP contribution is 2.40. The van der Waals surface area contributed by atoms with Gasteiger partial charge in [0.05, 0.1) is 5.02 Å². The number of hydrogen-bond donors (Lipinski definition) is 1. The van der Waals surface area contributed by atoms with Crippen LogP contribution >= 0.6 is 35.8 Å². The van der Waals surface area contributed by atoms with Crippen molar-refractivity contribution >= 4 is 41.6 Å². The van der Waals surface area contributed by atoms with Gasteiger partial charge in [-0.15, -0.1) is 24.2 Å². The molecule has 0 bridgehead atoms. The van der Waals surface area contributed by atoms with Crippen molar-refractivity contribution in [3.63, 3.8) is 0 Å².